The van der Waals surface area contributed by atoms with Gasteiger partial charge in [-0.05, 0) is 49.2 Å². The van der Waals surface area contributed by atoms with Gasteiger partial charge in [0.2, 0.25) is 0 Å². The van der Waals surface area contributed by atoms with Crippen LogP contribution in [0.15, 0.2) is 104 Å². The number of hydrogen-bond acceptors (Lipinski definition) is 6. The molecule has 10 heteroatoms. The number of fused-ring (bicyclic) bond motifs is 2. The van der Waals surface area contributed by atoms with Crippen LogP contribution in [0.1, 0.15) is 11.1 Å². The van der Waals surface area contributed by atoms with Crippen LogP contribution in [0.5, 0.6) is 0 Å². The van der Waals surface area contributed by atoms with Gasteiger partial charge in [-0.15, -0.1) is 0 Å². The molecule has 0 spiro atoms. The van der Waals surface area contributed by atoms with Crippen molar-refractivity contribution in [2.75, 3.05) is 0 Å². The fourth-order valence-electron chi connectivity index (χ4n) is 4.91. The summed E-state index contributed by atoms with van der Waals surface area (Å²) in [6.07, 6.45) is 0. The van der Waals surface area contributed by atoms with E-state index in [9.17, 15) is 25.9 Å². The Morgan fingerprint density at radius 2 is 0.825 bits per heavy atom. The van der Waals surface area contributed by atoms with Gasteiger partial charge in [0.05, 0.1) is 9.79 Å². The Balaban J connectivity index is 1.29. The highest BCUT2D eigenvalue weighted by Crippen LogP contribution is 2.37. The summed E-state index contributed by atoms with van der Waals surface area (Å²) in [6, 6.07) is 24.1. The van der Waals surface area contributed by atoms with Crippen molar-refractivity contribution in [1.29, 1.82) is 0 Å². The van der Waals surface area contributed by atoms with Gasteiger partial charge in [0.25, 0.3) is 20.2 Å². The van der Waals surface area contributed by atoms with E-state index in [-0.39, 0.29) is 9.79 Å². The van der Waals surface area contributed by atoms with Gasteiger partial charge in [0.15, 0.2) is 0 Å². The fourth-order valence-corrected chi connectivity index (χ4v) is 5.90. The summed E-state index contributed by atoms with van der Waals surface area (Å²) in [6.45, 7) is 3.79. The number of furan rings is 2. The highest BCUT2D eigenvalue weighted by molar-refractivity contribution is 7.86. The molecular weight excluding hydrogens is 552 g/mol. The van der Waals surface area contributed by atoms with Crippen LogP contribution in [0.2, 0.25) is 0 Å². The first-order valence-electron chi connectivity index (χ1n) is 12.1. The lowest BCUT2D eigenvalue weighted by molar-refractivity contribution is 0.481. The van der Waals surface area contributed by atoms with Crippen LogP contribution in [0, 0.1) is 13.8 Å². The average molecular weight is 575 g/mol. The third-order valence-corrected chi connectivity index (χ3v) is 8.74. The standard InChI is InChI=1S/C30H22O8S2/c1-17-25-13-11-23(39(31,32)33)15-27(25)37-29(17)21-7-3-19(4-8-21)20-5-9-22(10-6-20)30-18(2)26-14-12-24(40(34,35)36)16-28(26)38-30/h3-16H,1-2H3,(H,31,32,33)(H,34,35,36). The first kappa shape index (κ1) is 26.0. The second kappa shape index (κ2) is 9.17. The lowest BCUT2D eigenvalue weighted by atomic mass is 9.99. The maximum Gasteiger partial charge on any atom is 0.294 e. The number of rotatable bonds is 5. The Hall–Kier alpha value is -4.22. The predicted molar refractivity (Wildman–Crippen MR) is 151 cm³/mol. The van der Waals surface area contributed by atoms with Gasteiger partial charge in [-0.2, -0.15) is 16.8 Å². The summed E-state index contributed by atoms with van der Waals surface area (Å²) in [5, 5.41) is 1.52. The van der Waals surface area contributed by atoms with E-state index in [4.69, 9.17) is 8.83 Å². The van der Waals surface area contributed by atoms with Crippen molar-refractivity contribution in [3.05, 3.63) is 96.1 Å². The molecule has 8 nitrogen and oxygen atoms in total. The molecule has 0 radical (unpaired) electrons. The van der Waals surface area contributed by atoms with Gasteiger partial charge < -0.3 is 8.83 Å². The molecule has 6 rings (SSSR count). The summed E-state index contributed by atoms with van der Waals surface area (Å²) in [5.41, 5.74) is 6.05. The SMILES string of the molecule is Cc1c(-c2ccc(-c3ccc(-c4oc5cc(S(=O)(=O)O)ccc5c4C)cc3)cc2)oc2cc(S(=O)(=O)O)ccc12. The third-order valence-electron chi connectivity index (χ3n) is 7.04. The first-order valence-corrected chi connectivity index (χ1v) is 15.0. The van der Waals surface area contributed by atoms with E-state index in [1.54, 1.807) is 12.1 Å². The van der Waals surface area contributed by atoms with E-state index < -0.39 is 20.2 Å². The molecule has 202 valence electrons. The lowest BCUT2D eigenvalue weighted by Gasteiger charge is -2.06. The molecule has 0 unspecified atom stereocenters. The Morgan fingerprint density at radius 3 is 1.15 bits per heavy atom. The number of hydrogen-bond donors (Lipinski definition) is 2. The molecule has 0 saturated heterocycles. The van der Waals surface area contributed by atoms with E-state index in [1.807, 2.05) is 62.4 Å². The van der Waals surface area contributed by atoms with E-state index in [0.717, 1.165) is 44.2 Å². The van der Waals surface area contributed by atoms with Crippen LogP contribution in [0.4, 0.5) is 0 Å². The molecule has 0 amide bonds. The topological polar surface area (TPSA) is 135 Å². The zero-order chi connectivity index (χ0) is 28.4. The van der Waals surface area contributed by atoms with E-state index >= 15 is 0 Å². The summed E-state index contributed by atoms with van der Waals surface area (Å²) < 4.78 is 76.6. The van der Waals surface area contributed by atoms with Crippen LogP contribution in [-0.2, 0) is 20.2 Å². The van der Waals surface area contributed by atoms with E-state index in [1.165, 1.54) is 24.3 Å². The minimum absolute atomic E-state index is 0.222. The zero-order valence-corrected chi connectivity index (χ0v) is 22.9. The summed E-state index contributed by atoms with van der Waals surface area (Å²) in [7, 11) is -8.67. The summed E-state index contributed by atoms with van der Waals surface area (Å²) in [5.74, 6) is 1.23. The monoisotopic (exact) mass is 574 g/mol. The Labute approximate surface area is 230 Å². The molecular formula is C30H22O8S2. The maximum atomic E-state index is 11.5. The molecule has 0 bridgehead atoms. The van der Waals surface area contributed by atoms with Gasteiger partial charge in [0.1, 0.15) is 22.7 Å². The summed E-state index contributed by atoms with van der Waals surface area (Å²) in [4.78, 5) is -0.445. The van der Waals surface area contributed by atoms with Gasteiger partial charge in [0, 0.05) is 45.2 Å². The highest BCUT2D eigenvalue weighted by atomic mass is 32.2. The van der Waals surface area contributed by atoms with E-state index in [2.05, 4.69) is 0 Å². The van der Waals surface area contributed by atoms with Crippen LogP contribution in [0.25, 0.3) is 55.7 Å². The molecule has 2 N–H and O–H groups in total. The van der Waals surface area contributed by atoms with Crippen molar-refractivity contribution in [1.82, 2.24) is 0 Å². The Bertz CT molecular complexity index is 1990. The van der Waals surface area contributed by atoms with Crippen molar-refractivity contribution in [3.8, 4) is 33.8 Å². The second-order valence-electron chi connectivity index (χ2n) is 9.53. The van der Waals surface area contributed by atoms with Crippen molar-refractivity contribution in [3.63, 3.8) is 0 Å². The van der Waals surface area contributed by atoms with Gasteiger partial charge in [-0.3, -0.25) is 9.11 Å². The zero-order valence-electron chi connectivity index (χ0n) is 21.2. The average Bonchev–Trinajstić information content (AvgIpc) is 3.44. The number of benzene rings is 4. The van der Waals surface area contributed by atoms with Crippen molar-refractivity contribution in [2.45, 2.75) is 23.6 Å². The van der Waals surface area contributed by atoms with E-state index in [0.29, 0.717) is 22.7 Å². The third kappa shape index (κ3) is 4.50. The van der Waals surface area contributed by atoms with Crippen molar-refractivity contribution >= 4 is 42.2 Å². The molecule has 40 heavy (non-hydrogen) atoms. The van der Waals surface area contributed by atoms with Crippen LogP contribution >= 0.6 is 0 Å². The fraction of sp³-hybridized carbons (Fsp3) is 0.0667. The van der Waals surface area contributed by atoms with Gasteiger partial charge in [-0.25, -0.2) is 0 Å². The molecule has 0 saturated carbocycles. The maximum absolute atomic E-state index is 11.5. The first-order chi connectivity index (χ1) is 18.9. The summed E-state index contributed by atoms with van der Waals surface area (Å²) >= 11 is 0. The van der Waals surface area contributed by atoms with Gasteiger partial charge in [-0.1, -0.05) is 48.5 Å². The quantitative estimate of drug-likeness (QED) is 0.205. The molecule has 0 aliphatic heterocycles. The molecule has 0 aliphatic carbocycles. The van der Waals surface area contributed by atoms with Crippen molar-refractivity contribution < 1.29 is 34.8 Å². The normalized spacial score (nSPS) is 12.4. The number of aryl methyl sites for hydroxylation is 2. The molecule has 0 fully saturated rings. The Kier molecular flexibility index (Phi) is 5.97. The predicted octanol–water partition coefficient (Wildman–Crippen LogP) is 7.29. The van der Waals surface area contributed by atoms with Gasteiger partial charge >= 0.3 is 0 Å². The molecule has 2 heterocycles. The molecule has 6 aromatic rings. The van der Waals surface area contributed by atoms with Crippen LogP contribution < -0.4 is 0 Å². The molecule has 0 atom stereocenters. The van der Waals surface area contributed by atoms with Crippen molar-refractivity contribution in [2.24, 2.45) is 0 Å². The lowest BCUT2D eigenvalue weighted by Crippen LogP contribution is -1.96. The molecule has 2 aromatic heterocycles. The molecule has 4 aromatic carbocycles. The minimum atomic E-state index is -4.33. The Morgan fingerprint density at radius 1 is 0.500 bits per heavy atom. The van der Waals surface area contributed by atoms with Crippen LogP contribution in [-0.4, -0.2) is 25.9 Å². The highest BCUT2D eigenvalue weighted by Gasteiger charge is 2.18. The minimum Gasteiger partial charge on any atom is -0.456 e. The van der Waals surface area contributed by atoms with Crippen LogP contribution in [0.3, 0.4) is 0 Å². The smallest absolute Gasteiger partial charge is 0.294 e. The largest absolute Gasteiger partial charge is 0.456 e. The second-order valence-corrected chi connectivity index (χ2v) is 12.4. The molecule has 0 aliphatic rings.